The Morgan fingerprint density at radius 3 is 2.33 bits per heavy atom. The molecule has 0 amide bonds. The Balaban J connectivity index is 2.95. The zero-order chi connectivity index (χ0) is 14.0. The van der Waals surface area contributed by atoms with Gasteiger partial charge in [-0.25, -0.2) is 0 Å². The average Bonchev–Trinajstić information content (AvgIpc) is 2.26. The van der Waals surface area contributed by atoms with E-state index in [0.29, 0.717) is 5.56 Å². The highest BCUT2D eigenvalue weighted by molar-refractivity contribution is 5.31. The van der Waals surface area contributed by atoms with Crippen molar-refractivity contribution in [3.8, 4) is 5.75 Å². The molecule has 0 aliphatic carbocycles. The lowest BCUT2D eigenvalue weighted by Crippen LogP contribution is -2.31. The van der Waals surface area contributed by atoms with Crippen molar-refractivity contribution >= 4 is 0 Å². The van der Waals surface area contributed by atoms with Crippen LogP contribution in [0.1, 0.15) is 25.5 Å². The van der Waals surface area contributed by atoms with E-state index in [4.69, 9.17) is 4.74 Å². The summed E-state index contributed by atoms with van der Waals surface area (Å²) in [7, 11) is 1.42. The summed E-state index contributed by atoms with van der Waals surface area (Å²) in [6.07, 6.45) is -5.81. The van der Waals surface area contributed by atoms with Crippen molar-refractivity contribution in [2.75, 3.05) is 7.11 Å². The van der Waals surface area contributed by atoms with Crippen LogP contribution in [0.3, 0.4) is 0 Å². The summed E-state index contributed by atoms with van der Waals surface area (Å²) in [5.74, 6) is -0.369. The van der Waals surface area contributed by atoms with Crippen LogP contribution in [0.2, 0.25) is 0 Å². The van der Waals surface area contributed by atoms with Crippen molar-refractivity contribution in [3.05, 3.63) is 29.8 Å². The third-order valence-corrected chi connectivity index (χ3v) is 2.59. The monoisotopic (exact) mass is 264 g/mol. The third kappa shape index (κ3) is 3.89. The summed E-state index contributed by atoms with van der Waals surface area (Å²) in [4.78, 5) is 0. The van der Waals surface area contributed by atoms with Gasteiger partial charge in [0.25, 0.3) is 0 Å². The molecular formula is C12H15F3O3. The molecular weight excluding hydrogens is 249 g/mol. The van der Waals surface area contributed by atoms with Crippen LogP contribution in [0, 0.1) is 0 Å². The lowest BCUT2D eigenvalue weighted by molar-refractivity contribution is -0.274. The molecule has 1 aromatic carbocycles. The molecule has 102 valence electrons. The molecule has 0 fully saturated rings. The largest absolute Gasteiger partial charge is 0.573 e. The molecule has 1 unspecified atom stereocenters. The van der Waals surface area contributed by atoms with Gasteiger partial charge in [0.15, 0.2) is 0 Å². The highest BCUT2D eigenvalue weighted by Gasteiger charge is 2.32. The molecule has 0 aliphatic heterocycles. The first-order valence-electron chi connectivity index (χ1n) is 5.24. The molecule has 0 saturated heterocycles. The smallest absolute Gasteiger partial charge is 0.406 e. The summed E-state index contributed by atoms with van der Waals surface area (Å²) in [5.41, 5.74) is -0.611. The topological polar surface area (TPSA) is 38.7 Å². The third-order valence-electron chi connectivity index (χ3n) is 2.59. The van der Waals surface area contributed by atoms with Crippen molar-refractivity contribution in [1.82, 2.24) is 0 Å². The van der Waals surface area contributed by atoms with Gasteiger partial charge >= 0.3 is 6.36 Å². The van der Waals surface area contributed by atoms with Crippen LogP contribution in [-0.4, -0.2) is 24.2 Å². The standard InChI is InChI=1S/C12H15F3O3/c1-11(2,17-3)10(16)8-5-4-6-9(7-8)18-12(13,14)15/h4-7,10,16H,1-3H3. The number of aliphatic hydroxyl groups excluding tert-OH is 1. The summed E-state index contributed by atoms with van der Waals surface area (Å²) in [6, 6.07) is 5.20. The zero-order valence-electron chi connectivity index (χ0n) is 10.3. The average molecular weight is 264 g/mol. The van der Waals surface area contributed by atoms with Crippen LogP contribution in [0.25, 0.3) is 0 Å². The Bertz CT molecular complexity index is 402. The second-order valence-electron chi connectivity index (χ2n) is 4.33. The highest BCUT2D eigenvalue weighted by atomic mass is 19.4. The van der Waals surface area contributed by atoms with Gasteiger partial charge in [-0.05, 0) is 31.5 Å². The van der Waals surface area contributed by atoms with E-state index in [2.05, 4.69) is 4.74 Å². The number of ether oxygens (including phenoxy) is 2. The van der Waals surface area contributed by atoms with E-state index >= 15 is 0 Å². The molecule has 0 aromatic heterocycles. The van der Waals surface area contributed by atoms with Crippen LogP contribution in [-0.2, 0) is 4.74 Å². The Hall–Kier alpha value is -1.27. The van der Waals surface area contributed by atoms with Crippen molar-refractivity contribution in [2.24, 2.45) is 0 Å². The predicted molar refractivity (Wildman–Crippen MR) is 59.2 cm³/mol. The maximum Gasteiger partial charge on any atom is 0.573 e. The summed E-state index contributed by atoms with van der Waals surface area (Å²) in [6.45, 7) is 3.27. The van der Waals surface area contributed by atoms with Gasteiger partial charge < -0.3 is 14.6 Å². The van der Waals surface area contributed by atoms with E-state index in [1.54, 1.807) is 13.8 Å². The van der Waals surface area contributed by atoms with Crippen molar-refractivity contribution < 1.29 is 27.8 Å². The van der Waals surface area contributed by atoms with Crippen LogP contribution in [0.4, 0.5) is 13.2 Å². The molecule has 1 atom stereocenters. The lowest BCUT2D eigenvalue weighted by Gasteiger charge is -2.29. The van der Waals surface area contributed by atoms with E-state index in [1.807, 2.05) is 0 Å². The van der Waals surface area contributed by atoms with Gasteiger partial charge in [0.1, 0.15) is 11.9 Å². The number of aliphatic hydroxyl groups is 1. The van der Waals surface area contributed by atoms with Gasteiger partial charge in [0.2, 0.25) is 0 Å². The molecule has 1 N–H and O–H groups in total. The van der Waals surface area contributed by atoms with Gasteiger partial charge in [-0.1, -0.05) is 12.1 Å². The number of halogens is 3. The second-order valence-corrected chi connectivity index (χ2v) is 4.33. The highest BCUT2D eigenvalue weighted by Crippen LogP contribution is 2.31. The summed E-state index contributed by atoms with van der Waals surface area (Å²) < 4.78 is 45.1. The fourth-order valence-electron chi connectivity index (χ4n) is 1.39. The maximum absolute atomic E-state index is 12.1. The Kier molecular flexibility index (Phi) is 4.24. The van der Waals surface area contributed by atoms with E-state index in [9.17, 15) is 18.3 Å². The number of alkyl halides is 3. The van der Waals surface area contributed by atoms with E-state index in [0.717, 1.165) is 6.07 Å². The molecule has 0 aliphatic rings. The van der Waals surface area contributed by atoms with Gasteiger partial charge in [0.05, 0.1) is 5.60 Å². The number of hydrogen-bond donors (Lipinski definition) is 1. The molecule has 1 rings (SSSR count). The quantitative estimate of drug-likeness (QED) is 0.908. The minimum atomic E-state index is -4.75. The predicted octanol–water partition coefficient (Wildman–Crippen LogP) is 3.04. The Labute approximate surface area is 103 Å². The fraction of sp³-hybridized carbons (Fsp3) is 0.500. The van der Waals surface area contributed by atoms with Crippen LogP contribution < -0.4 is 4.74 Å². The molecule has 0 bridgehead atoms. The van der Waals surface area contributed by atoms with Crippen LogP contribution in [0.15, 0.2) is 24.3 Å². The Morgan fingerprint density at radius 2 is 1.83 bits per heavy atom. The first-order valence-corrected chi connectivity index (χ1v) is 5.24. The van der Waals surface area contributed by atoms with E-state index < -0.39 is 18.1 Å². The SMILES string of the molecule is COC(C)(C)C(O)c1cccc(OC(F)(F)F)c1. The Morgan fingerprint density at radius 1 is 1.22 bits per heavy atom. The first-order chi connectivity index (χ1) is 8.15. The zero-order valence-corrected chi connectivity index (χ0v) is 10.3. The molecule has 6 heteroatoms. The van der Waals surface area contributed by atoms with Gasteiger partial charge in [-0.3, -0.25) is 0 Å². The number of hydrogen-bond acceptors (Lipinski definition) is 3. The fourth-order valence-corrected chi connectivity index (χ4v) is 1.39. The molecule has 0 heterocycles. The minimum Gasteiger partial charge on any atom is -0.406 e. The molecule has 0 radical (unpaired) electrons. The van der Waals surface area contributed by atoms with Gasteiger partial charge in [-0.15, -0.1) is 13.2 Å². The van der Waals surface area contributed by atoms with Gasteiger partial charge in [0, 0.05) is 7.11 Å². The minimum absolute atomic E-state index is 0.295. The van der Waals surface area contributed by atoms with Crippen molar-refractivity contribution in [1.29, 1.82) is 0 Å². The normalized spacial score (nSPS) is 14.4. The molecule has 3 nitrogen and oxygen atoms in total. The van der Waals surface area contributed by atoms with E-state index in [1.165, 1.54) is 25.3 Å². The number of rotatable bonds is 4. The first kappa shape index (κ1) is 14.8. The number of methoxy groups -OCH3 is 1. The van der Waals surface area contributed by atoms with Crippen LogP contribution in [0.5, 0.6) is 5.75 Å². The molecule has 1 aromatic rings. The summed E-state index contributed by atoms with van der Waals surface area (Å²) >= 11 is 0. The van der Waals surface area contributed by atoms with Crippen molar-refractivity contribution in [2.45, 2.75) is 31.9 Å². The van der Waals surface area contributed by atoms with Crippen molar-refractivity contribution in [3.63, 3.8) is 0 Å². The van der Waals surface area contributed by atoms with Crippen LogP contribution >= 0.6 is 0 Å². The second kappa shape index (κ2) is 5.16. The molecule has 18 heavy (non-hydrogen) atoms. The summed E-state index contributed by atoms with van der Waals surface area (Å²) in [5, 5.41) is 10.0. The maximum atomic E-state index is 12.1. The molecule has 0 spiro atoms. The lowest BCUT2D eigenvalue weighted by atomic mass is 9.94. The number of benzene rings is 1. The van der Waals surface area contributed by atoms with E-state index in [-0.39, 0.29) is 5.75 Å². The van der Waals surface area contributed by atoms with Gasteiger partial charge in [-0.2, -0.15) is 0 Å². The molecule has 0 saturated carbocycles.